The number of carbonyl (C=O) groups excluding carboxylic acids is 2. The molecule has 0 aliphatic carbocycles. The van der Waals surface area contributed by atoms with Gasteiger partial charge in [0, 0.05) is 13.1 Å². The number of ether oxygens (including phenoxy) is 2. The molecule has 2 aromatic rings. The molecule has 0 saturated carbocycles. The molecule has 0 bridgehead atoms. The first-order valence-corrected chi connectivity index (χ1v) is 10.1. The summed E-state index contributed by atoms with van der Waals surface area (Å²) in [5.41, 5.74) is 1.45. The van der Waals surface area contributed by atoms with Crippen LogP contribution in [0.5, 0.6) is 0 Å². The van der Waals surface area contributed by atoms with Crippen molar-refractivity contribution >= 4 is 23.5 Å². The second-order valence-electron chi connectivity index (χ2n) is 7.42. The fourth-order valence-electron chi connectivity index (χ4n) is 3.09. The first-order valence-electron chi connectivity index (χ1n) is 10.1. The van der Waals surface area contributed by atoms with Crippen molar-refractivity contribution in [2.24, 2.45) is 5.92 Å². The zero-order chi connectivity index (χ0) is 21.3. The van der Waals surface area contributed by atoms with Gasteiger partial charge in [-0.05, 0) is 23.6 Å². The Morgan fingerprint density at radius 3 is 2.50 bits per heavy atom. The molecular formula is C22H28N4O4. The van der Waals surface area contributed by atoms with Gasteiger partial charge in [0.25, 0.3) is 0 Å². The van der Waals surface area contributed by atoms with E-state index in [1.165, 1.54) is 0 Å². The maximum absolute atomic E-state index is 12.7. The van der Waals surface area contributed by atoms with Crippen LogP contribution in [0.3, 0.4) is 0 Å². The Kier molecular flexibility index (Phi) is 7.62. The molecule has 1 aromatic heterocycles. The maximum Gasteiger partial charge on any atom is 0.408 e. The number of carbonyl (C=O) groups is 2. The van der Waals surface area contributed by atoms with Gasteiger partial charge >= 0.3 is 6.09 Å². The number of rotatable bonds is 7. The van der Waals surface area contributed by atoms with E-state index in [9.17, 15) is 9.59 Å². The van der Waals surface area contributed by atoms with Crippen molar-refractivity contribution in [1.82, 2.24) is 10.3 Å². The molecule has 1 aliphatic rings. The van der Waals surface area contributed by atoms with Crippen LogP contribution in [-0.4, -0.2) is 49.3 Å². The molecule has 0 radical (unpaired) electrons. The van der Waals surface area contributed by atoms with Crippen LogP contribution in [0.15, 0.2) is 48.7 Å². The molecule has 8 nitrogen and oxygen atoms in total. The smallest absolute Gasteiger partial charge is 0.408 e. The molecule has 30 heavy (non-hydrogen) atoms. The summed E-state index contributed by atoms with van der Waals surface area (Å²) < 4.78 is 10.6. The van der Waals surface area contributed by atoms with Crippen LogP contribution in [0, 0.1) is 5.92 Å². The highest BCUT2D eigenvalue weighted by atomic mass is 16.5. The van der Waals surface area contributed by atoms with Gasteiger partial charge in [0.15, 0.2) is 0 Å². The van der Waals surface area contributed by atoms with E-state index in [-0.39, 0.29) is 18.4 Å². The Morgan fingerprint density at radius 2 is 1.87 bits per heavy atom. The Bertz CT molecular complexity index is 821. The minimum absolute atomic E-state index is 0.116. The molecule has 0 spiro atoms. The Labute approximate surface area is 176 Å². The molecule has 2 heterocycles. The number of aromatic nitrogens is 1. The SMILES string of the molecule is CC(C)[C@H](NC(=O)OCc1ccccc1)C(=O)Nc1ccc(N2CCOCC2)nc1. The van der Waals surface area contributed by atoms with Crippen molar-refractivity contribution in [2.75, 3.05) is 36.5 Å². The van der Waals surface area contributed by atoms with Crippen molar-refractivity contribution in [2.45, 2.75) is 26.5 Å². The topological polar surface area (TPSA) is 92.8 Å². The number of pyridine rings is 1. The van der Waals surface area contributed by atoms with Crippen molar-refractivity contribution in [1.29, 1.82) is 0 Å². The van der Waals surface area contributed by atoms with Gasteiger partial charge in [-0.1, -0.05) is 44.2 Å². The molecular weight excluding hydrogens is 384 g/mol. The molecule has 1 fully saturated rings. The van der Waals surface area contributed by atoms with Crippen LogP contribution in [-0.2, 0) is 20.9 Å². The fourth-order valence-corrected chi connectivity index (χ4v) is 3.09. The van der Waals surface area contributed by atoms with Crippen LogP contribution in [0.25, 0.3) is 0 Å². The third-order valence-corrected chi connectivity index (χ3v) is 4.79. The van der Waals surface area contributed by atoms with Crippen LogP contribution in [0.2, 0.25) is 0 Å². The quantitative estimate of drug-likeness (QED) is 0.727. The minimum Gasteiger partial charge on any atom is -0.445 e. The van der Waals surface area contributed by atoms with Crippen LogP contribution in [0.1, 0.15) is 19.4 Å². The summed E-state index contributed by atoms with van der Waals surface area (Å²) in [4.78, 5) is 31.4. The van der Waals surface area contributed by atoms with Gasteiger partial charge in [-0.15, -0.1) is 0 Å². The lowest BCUT2D eigenvalue weighted by atomic mass is 10.0. The van der Waals surface area contributed by atoms with Crippen molar-refractivity contribution in [3.8, 4) is 0 Å². The summed E-state index contributed by atoms with van der Waals surface area (Å²) in [7, 11) is 0. The minimum atomic E-state index is -0.729. The van der Waals surface area contributed by atoms with E-state index in [0.29, 0.717) is 18.9 Å². The van der Waals surface area contributed by atoms with Gasteiger partial charge in [-0.3, -0.25) is 4.79 Å². The van der Waals surface area contributed by atoms with Gasteiger partial charge < -0.3 is 25.0 Å². The second-order valence-corrected chi connectivity index (χ2v) is 7.42. The number of anilines is 2. The molecule has 2 N–H and O–H groups in total. The fraction of sp³-hybridized carbons (Fsp3) is 0.409. The highest BCUT2D eigenvalue weighted by Gasteiger charge is 2.25. The molecule has 1 atom stereocenters. The predicted octanol–water partition coefficient (Wildman–Crippen LogP) is 2.81. The van der Waals surface area contributed by atoms with Gasteiger partial charge in [-0.25, -0.2) is 9.78 Å². The molecule has 1 aliphatic heterocycles. The number of hydrogen-bond acceptors (Lipinski definition) is 6. The second kappa shape index (κ2) is 10.6. The summed E-state index contributed by atoms with van der Waals surface area (Å²) >= 11 is 0. The molecule has 1 saturated heterocycles. The Morgan fingerprint density at radius 1 is 1.13 bits per heavy atom. The summed E-state index contributed by atoms with van der Waals surface area (Å²) in [5, 5.41) is 5.47. The van der Waals surface area contributed by atoms with Crippen molar-refractivity contribution in [3.05, 3.63) is 54.2 Å². The molecule has 160 valence electrons. The monoisotopic (exact) mass is 412 g/mol. The Balaban J connectivity index is 1.53. The highest BCUT2D eigenvalue weighted by molar-refractivity contribution is 5.96. The molecule has 8 heteroatoms. The van der Waals surface area contributed by atoms with E-state index in [1.54, 1.807) is 12.3 Å². The summed E-state index contributed by atoms with van der Waals surface area (Å²) in [6, 6.07) is 12.3. The molecule has 3 rings (SSSR count). The number of nitrogens with zero attached hydrogens (tertiary/aromatic N) is 2. The number of nitrogens with one attached hydrogen (secondary N) is 2. The van der Waals surface area contributed by atoms with Crippen LogP contribution < -0.4 is 15.5 Å². The summed E-state index contributed by atoms with van der Waals surface area (Å²) in [6.45, 7) is 6.83. The van der Waals surface area contributed by atoms with E-state index in [2.05, 4.69) is 20.5 Å². The number of morpholine rings is 1. The number of benzene rings is 1. The predicted molar refractivity (Wildman–Crippen MR) is 114 cm³/mol. The van der Waals surface area contributed by atoms with E-state index in [4.69, 9.17) is 9.47 Å². The van der Waals surface area contributed by atoms with E-state index in [0.717, 1.165) is 24.5 Å². The Hall–Kier alpha value is -3.13. The van der Waals surface area contributed by atoms with Gasteiger partial charge in [0.1, 0.15) is 18.5 Å². The van der Waals surface area contributed by atoms with Crippen LogP contribution >= 0.6 is 0 Å². The number of alkyl carbamates (subject to hydrolysis) is 1. The third-order valence-electron chi connectivity index (χ3n) is 4.79. The van der Waals surface area contributed by atoms with Gasteiger partial charge in [0.05, 0.1) is 25.1 Å². The zero-order valence-corrected chi connectivity index (χ0v) is 17.3. The highest BCUT2D eigenvalue weighted by Crippen LogP contribution is 2.16. The molecule has 2 amide bonds. The van der Waals surface area contributed by atoms with Crippen LogP contribution in [0.4, 0.5) is 16.3 Å². The van der Waals surface area contributed by atoms with Crippen molar-refractivity contribution < 1.29 is 19.1 Å². The first-order chi connectivity index (χ1) is 14.5. The van der Waals surface area contributed by atoms with Crippen molar-refractivity contribution in [3.63, 3.8) is 0 Å². The standard InChI is InChI=1S/C22H28N4O4/c1-16(2)20(25-22(28)30-15-17-6-4-3-5-7-17)21(27)24-18-8-9-19(23-14-18)26-10-12-29-13-11-26/h3-9,14,16,20H,10-13,15H2,1-2H3,(H,24,27)(H,25,28)/t20-/m0/s1. The first kappa shape index (κ1) is 21.6. The zero-order valence-electron chi connectivity index (χ0n) is 17.3. The maximum atomic E-state index is 12.7. The summed E-state index contributed by atoms with van der Waals surface area (Å²) in [6.07, 6.45) is 0.988. The normalized spacial score (nSPS) is 14.8. The summed E-state index contributed by atoms with van der Waals surface area (Å²) in [5.74, 6) is 0.414. The van der Waals surface area contributed by atoms with Gasteiger partial charge in [-0.2, -0.15) is 0 Å². The number of hydrogen-bond donors (Lipinski definition) is 2. The lowest BCUT2D eigenvalue weighted by molar-refractivity contribution is -0.119. The lowest BCUT2D eigenvalue weighted by Gasteiger charge is -2.27. The largest absolute Gasteiger partial charge is 0.445 e. The average Bonchev–Trinajstić information content (AvgIpc) is 2.77. The average molecular weight is 412 g/mol. The van der Waals surface area contributed by atoms with Gasteiger partial charge in [0.2, 0.25) is 5.91 Å². The van der Waals surface area contributed by atoms with E-state index in [1.807, 2.05) is 50.2 Å². The van der Waals surface area contributed by atoms with E-state index < -0.39 is 12.1 Å². The third kappa shape index (κ3) is 6.18. The lowest BCUT2D eigenvalue weighted by Crippen LogP contribution is -2.47. The molecule has 0 unspecified atom stereocenters. The molecule has 1 aromatic carbocycles. The van der Waals surface area contributed by atoms with E-state index >= 15 is 0 Å². The number of amides is 2.